The number of nitrogens with one attached hydrogen (secondary N) is 1. The van der Waals surface area contributed by atoms with E-state index in [1.807, 2.05) is 0 Å². The van der Waals surface area contributed by atoms with Crippen LogP contribution in [-0.2, 0) is 10.0 Å². The molecule has 0 aromatic heterocycles. The lowest BCUT2D eigenvalue weighted by Crippen LogP contribution is -2.19. The molecule has 0 radical (unpaired) electrons. The third-order valence-corrected chi connectivity index (χ3v) is 4.45. The molecule has 21 heavy (non-hydrogen) atoms. The summed E-state index contributed by atoms with van der Waals surface area (Å²) in [6, 6.07) is 12.8. The second-order valence-electron chi connectivity index (χ2n) is 4.25. The van der Waals surface area contributed by atoms with Gasteiger partial charge in [-0.3, -0.25) is 0 Å². The van der Waals surface area contributed by atoms with Gasteiger partial charge in [0.25, 0.3) is 10.0 Å². The van der Waals surface area contributed by atoms with Crippen molar-refractivity contribution in [3.8, 4) is 0 Å². The quantitative estimate of drug-likeness (QED) is 0.680. The fraction of sp³-hybridized carbons (Fsp3) is 0.0714. The van der Waals surface area contributed by atoms with Crippen molar-refractivity contribution in [3.63, 3.8) is 0 Å². The van der Waals surface area contributed by atoms with Gasteiger partial charge < -0.3 is 0 Å². The number of hydrogen-bond acceptors (Lipinski definition) is 3. The maximum atomic E-state index is 12.1. The Hall–Kier alpha value is -1.56. The molecule has 110 valence electrons. The molecular weight excluding hydrogens is 331 g/mol. The van der Waals surface area contributed by atoms with E-state index in [4.69, 9.17) is 23.2 Å². The third kappa shape index (κ3) is 4.20. The van der Waals surface area contributed by atoms with Crippen LogP contribution in [0.3, 0.4) is 0 Å². The fourth-order valence-corrected chi connectivity index (χ4v) is 2.66. The largest absolute Gasteiger partial charge is 0.276 e. The van der Waals surface area contributed by atoms with Gasteiger partial charge in [-0.25, -0.2) is 0 Å². The number of halogens is 2. The van der Waals surface area contributed by atoms with Gasteiger partial charge in [0.05, 0.1) is 10.6 Å². The van der Waals surface area contributed by atoms with Gasteiger partial charge in [0.2, 0.25) is 0 Å². The summed E-state index contributed by atoms with van der Waals surface area (Å²) in [4.78, 5) is 2.29. The minimum atomic E-state index is -3.71. The molecule has 0 amide bonds. The van der Waals surface area contributed by atoms with E-state index >= 15 is 0 Å². The summed E-state index contributed by atoms with van der Waals surface area (Å²) in [5.41, 5.74) is 1.31. The standard InChI is InChI=1S/C14H12Cl2N2O2S/c1-10(11-2-4-12(15)5-3-11)17-18-21(19,20)14-8-6-13(16)7-9-14/h2-9,18H,1H3/b17-10+. The summed E-state index contributed by atoms with van der Waals surface area (Å²) in [7, 11) is -3.71. The topological polar surface area (TPSA) is 58.5 Å². The van der Waals surface area contributed by atoms with E-state index in [2.05, 4.69) is 9.93 Å². The first kappa shape index (κ1) is 15.8. The van der Waals surface area contributed by atoms with Gasteiger partial charge in [0, 0.05) is 10.0 Å². The van der Waals surface area contributed by atoms with Crippen LogP contribution in [0.25, 0.3) is 0 Å². The average molecular weight is 343 g/mol. The van der Waals surface area contributed by atoms with Gasteiger partial charge in [-0.05, 0) is 48.9 Å². The van der Waals surface area contributed by atoms with E-state index in [0.717, 1.165) is 5.56 Å². The number of nitrogens with zero attached hydrogens (tertiary/aromatic N) is 1. The van der Waals surface area contributed by atoms with E-state index in [9.17, 15) is 8.42 Å². The molecule has 2 aromatic rings. The van der Waals surface area contributed by atoms with E-state index in [0.29, 0.717) is 15.8 Å². The Morgan fingerprint density at radius 3 is 1.95 bits per heavy atom. The highest BCUT2D eigenvalue weighted by Gasteiger charge is 2.12. The van der Waals surface area contributed by atoms with Gasteiger partial charge in [-0.15, -0.1) is 0 Å². The maximum Gasteiger partial charge on any atom is 0.276 e. The Labute approximate surface area is 133 Å². The fourth-order valence-electron chi connectivity index (χ4n) is 1.55. The molecule has 0 saturated carbocycles. The summed E-state index contributed by atoms with van der Waals surface area (Å²) < 4.78 is 24.1. The zero-order chi connectivity index (χ0) is 15.5. The Bertz CT molecular complexity index is 755. The van der Waals surface area contributed by atoms with Gasteiger partial charge in [-0.2, -0.15) is 18.4 Å². The Morgan fingerprint density at radius 1 is 0.952 bits per heavy atom. The van der Waals surface area contributed by atoms with Crippen molar-refractivity contribution in [1.82, 2.24) is 4.83 Å². The summed E-state index contributed by atoms with van der Waals surface area (Å²) in [5, 5.41) is 4.97. The molecule has 0 aliphatic heterocycles. The van der Waals surface area contributed by atoms with Crippen molar-refractivity contribution < 1.29 is 8.42 Å². The molecule has 0 fully saturated rings. The summed E-state index contributed by atoms with van der Waals surface area (Å²) in [6.45, 7) is 1.70. The lowest BCUT2D eigenvalue weighted by Gasteiger charge is -2.05. The summed E-state index contributed by atoms with van der Waals surface area (Å²) in [5.74, 6) is 0. The number of sulfonamides is 1. The monoisotopic (exact) mass is 342 g/mol. The molecule has 0 unspecified atom stereocenters. The SMILES string of the molecule is C/C(=N\NS(=O)(=O)c1ccc(Cl)cc1)c1ccc(Cl)cc1. The molecule has 2 aromatic carbocycles. The number of hydrazone groups is 1. The molecular formula is C14H12Cl2N2O2S. The molecule has 1 N–H and O–H groups in total. The molecule has 0 heterocycles. The van der Waals surface area contributed by atoms with E-state index in [1.165, 1.54) is 24.3 Å². The van der Waals surface area contributed by atoms with Crippen molar-refractivity contribution in [3.05, 3.63) is 64.1 Å². The molecule has 4 nitrogen and oxygen atoms in total. The predicted octanol–water partition coefficient (Wildman–Crippen LogP) is 3.70. The van der Waals surface area contributed by atoms with Crippen LogP contribution >= 0.6 is 23.2 Å². The van der Waals surface area contributed by atoms with Crippen LogP contribution in [0.2, 0.25) is 10.0 Å². The first-order chi connectivity index (χ1) is 9.88. The van der Waals surface area contributed by atoms with Gasteiger partial charge >= 0.3 is 0 Å². The molecule has 0 atom stereocenters. The van der Waals surface area contributed by atoms with Crippen LogP contribution in [0.15, 0.2) is 58.5 Å². The molecule has 7 heteroatoms. The Kier molecular flexibility index (Phi) is 4.88. The van der Waals surface area contributed by atoms with Crippen LogP contribution < -0.4 is 4.83 Å². The van der Waals surface area contributed by atoms with E-state index < -0.39 is 10.0 Å². The summed E-state index contributed by atoms with van der Waals surface area (Å²) in [6.07, 6.45) is 0. The van der Waals surface area contributed by atoms with Gasteiger partial charge in [0.15, 0.2) is 0 Å². The van der Waals surface area contributed by atoms with Crippen LogP contribution in [0.1, 0.15) is 12.5 Å². The highest BCUT2D eigenvalue weighted by atomic mass is 35.5. The van der Waals surface area contributed by atoms with Crippen molar-refractivity contribution >= 4 is 38.9 Å². The molecule has 0 spiro atoms. The number of hydrogen-bond donors (Lipinski definition) is 1. The highest BCUT2D eigenvalue weighted by Crippen LogP contribution is 2.14. The molecule has 0 aliphatic carbocycles. The summed E-state index contributed by atoms with van der Waals surface area (Å²) >= 11 is 11.5. The van der Waals surface area contributed by atoms with Crippen molar-refractivity contribution in [1.29, 1.82) is 0 Å². The average Bonchev–Trinajstić information content (AvgIpc) is 2.46. The minimum absolute atomic E-state index is 0.0968. The Balaban J connectivity index is 2.18. The molecule has 0 saturated heterocycles. The molecule has 2 rings (SSSR count). The van der Waals surface area contributed by atoms with Crippen molar-refractivity contribution in [2.75, 3.05) is 0 Å². The van der Waals surface area contributed by atoms with Gasteiger partial charge in [-0.1, -0.05) is 35.3 Å². The van der Waals surface area contributed by atoms with E-state index in [1.54, 1.807) is 31.2 Å². The number of rotatable bonds is 4. The van der Waals surface area contributed by atoms with Crippen LogP contribution in [0, 0.1) is 0 Å². The second-order valence-corrected chi connectivity index (χ2v) is 6.79. The normalized spacial score (nSPS) is 12.2. The highest BCUT2D eigenvalue weighted by molar-refractivity contribution is 7.89. The first-order valence-corrected chi connectivity index (χ1v) is 8.20. The van der Waals surface area contributed by atoms with Crippen LogP contribution in [0.5, 0.6) is 0 Å². The zero-order valence-electron chi connectivity index (χ0n) is 11.0. The molecule has 0 aliphatic rings. The van der Waals surface area contributed by atoms with E-state index in [-0.39, 0.29) is 4.90 Å². The molecule has 0 bridgehead atoms. The van der Waals surface area contributed by atoms with Crippen molar-refractivity contribution in [2.24, 2.45) is 5.10 Å². The van der Waals surface area contributed by atoms with Crippen LogP contribution in [-0.4, -0.2) is 14.1 Å². The maximum absolute atomic E-state index is 12.1. The van der Waals surface area contributed by atoms with Crippen molar-refractivity contribution in [2.45, 2.75) is 11.8 Å². The first-order valence-electron chi connectivity index (χ1n) is 5.96. The van der Waals surface area contributed by atoms with Crippen LogP contribution in [0.4, 0.5) is 0 Å². The Morgan fingerprint density at radius 2 is 1.43 bits per heavy atom. The minimum Gasteiger partial charge on any atom is -0.200 e. The lowest BCUT2D eigenvalue weighted by atomic mass is 10.1. The number of benzene rings is 2. The third-order valence-electron chi connectivity index (χ3n) is 2.72. The second kappa shape index (κ2) is 6.47. The smallest absolute Gasteiger partial charge is 0.200 e. The predicted molar refractivity (Wildman–Crippen MR) is 85.4 cm³/mol. The zero-order valence-corrected chi connectivity index (χ0v) is 13.4. The van der Waals surface area contributed by atoms with Gasteiger partial charge in [0.1, 0.15) is 0 Å². The lowest BCUT2D eigenvalue weighted by molar-refractivity contribution is 0.584.